The average molecular weight is 670 g/mol. The first-order valence-electron chi connectivity index (χ1n) is 13.2. The Labute approximate surface area is 247 Å². The van der Waals surface area contributed by atoms with Crippen molar-refractivity contribution in [3.05, 3.63) is 51.7 Å². The predicted octanol–water partition coefficient (Wildman–Crippen LogP) is 7.87. The molecular weight excluding hydrogens is 631 g/mol. The van der Waals surface area contributed by atoms with Crippen molar-refractivity contribution >= 4 is 35.8 Å². The van der Waals surface area contributed by atoms with E-state index < -0.39 is 52.5 Å². The van der Waals surface area contributed by atoms with Gasteiger partial charge >= 0.3 is 6.09 Å². The van der Waals surface area contributed by atoms with Crippen molar-refractivity contribution in [2.24, 2.45) is 0 Å². The summed E-state index contributed by atoms with van der Waals surface area (Å²) in [7, 11) is 0.0577. The summed E-state index contributed by atoms with van der Waals surface area (Å²) < 4.78 is 83.3. The number of amides is 1. The molecule has 0 atom stereocenters. The number of hydrogen-bond acceptors (Lipinski definition) is 5. The van der Waals surface area contributed by atoms with E-state index in [0.29, 0.717) is 30.8 Å². The van der Waals surface area contributed by atoms with Crippen LogP contribution in [0.4, 0.5) is 32.4 Å². The van der Waals surface area contributed by atoms with Crippen LogP contribution in [0.15, 0.2) is 34.8 Å². The summed E-state index contributed by atoms with van der Waals surface area (Å²) >= 11 is 3.37. The highest BCUT2D eigenvalue weighted by molar-refractivity contribution is 9.10. The molecule has 2 aromatic rings. The Kier molecular flexibility index (Phi) is 14.2. The molecule has 13 heteroatoms. The minimum atomic E-state index is -2.60. The maximum atomic E-state index is 15.1. The molecule has 41 heavy (non-hydrogen) atoms. The highest BCUT2D eigenvalue weighted by Crippen LogP contribution is 2.30. The number of carbonyl (C=O) groups is 1. The number of rotatable bonds is 17. The number of aryl methyl sites for hydroxylation is 1. The van der Waals surface area contributed by atoms with Crippen molar-refractivity contribution in [3.8, 4) is 11.5 Å². The number of halogens is 6. The van der Waals surface area contributed by atoms with Crippen LogP contribution in [0.25, 0.3) is 0 Å². The topological polar surface area (TPSA) is 60.0 Å². The third-order valence-corrected chi connectivity index (χ3v) is 8.08. The number of alkyl halides is 4. The number of carbonyl (C=O) groups excluding carboxylic acids is 1. The molecule has 6 nitrogen and oxygen atoms in total. The van der Waals surface area contributed by atoms with Gasteiger partial charge in [-0.25, -0.2) is 26.7 Å². The SMILES string of the molecule is CN(Cc1cc(NCCCc2cc(Br)ccc2OCC(F)F)cc(F)c1OC(CF)CF)C(=O)OCC[Si](C)(C)C. The van der Waals surface area contributed by atoms with Gasteiger partial charge < -0.3 is 24.4 Å². The molecule has 2 rings (SSSR count). The second-order valence-electron chi connectivity index (χ2n) is 10.8. The lowest BCUT2D eigenvalue weighted by Crippen LogP contribution is -2.30. The summed E-state index contributed by atoms with van der Waals surface area (Å²) in [4.78, 5) is 13.8. The Bertz CT molecular complexity index is 1120. The predicted molar refractivity (Wildman–Crippen MR) is 156 cm³/mol. The summed E-state index contributed by atoms with van der Waals surface area (Å²) in [5, 5.41) is 3.10. The fraction of sp³-hybridized carbons (Fsp3) is 0.536. The number of benzene rings is 2. The highest BCUT2D eigenvalue weighted by Gasteiger charge is 2.22. The molecule has 0 bridgehead atoms. The van der Waals surface area contributed by atoms with Gasteiger partial charge in [0.05, 0.1) is 13.2 Å². The van der Waals surface area contributed by atoms with E-state index in [1.807, 2.05) is 0 Å². The Balaban J connectivity index is 2.12. The van der Waals surface area contributed by atoms with Gasteiger partial charge in [-0.05, 0) is 48.7 Å². The largest absolute Gasteiger partial charge is 0.487 e. The van der Waals surface area contributed by atoms with Gasteiger partial charge in [0.1, 0.15) is 25.7 Å². The molecule has 0 saturated heterocycles. The lowest BCUT2D eigenvalue weighted by Gasteiger charge is -2.23. The van der Waals surface area contributed by atoms with Crippen LogP contribution in [-0.4, -0.2) is 71.8 Å². The van der Waals surface area contributed by atoms with Crippen LogP contribution in [0.1, 0.15) is 17.5 Å². The van der Waals surface area contributed by atoms with Crippen LogP contribution < -0.4 is 14.8 Å². The van der Waals surface area contributed by atoms with Crippen LogP contribution in [0.2, 0.25) is 25.7 Å². The van der Waals surface area contributed by atoms with Crippen LogP contribution >= 0.6 is 15.9 Å². The van der Waals surface area contributed by atoms with Crippen LogP contribution in [0.3, 0.4) is 0 Å². The minimum absolute atomic E-state index is 0.123. The molecule has 0 fully saturated rings. The van der Waals surface area contributed by atoms with Gasteiger partial charge in [-0.15, -0.1) is 0 Å². The Morgan fingerprint density at radius 2 is 1.80 bits per heavy atom. The summed E-state index contributed by atoms with van der Waals surface area (Å²) in [5.41, 5.74) is 1.31. The van der Waals surface area contributed by atoms with Crippen molar-refractivity contribution in [2.45, 2.75) is 57.6 Å². The Morgan fingerprint density at radius 1 is 1.10 bits per heavy atom. The molecule has 0 aliphatic heterocycles. The van der Waals surface area contributed by atoms with Gasteiger partial charge in [-0.2, -0.15) is 0 Å². The standard InChI is InChI=1S/C28H38BrF5N2O4Si/c1-36(28(37)38-10-11-41(2,3)4)17-20-13-22(14-24(32)27(20)40-23(15-30)16-31)35-9-5-6-19-12-21(29)7-8-25(19)39-18-26(33)34/h7-8,12-14,23,26,35H,5-6,9-11,15-18H2,1-4H3. The Hall–Kier alpha value is -2.54. The zero-order valence-electron chi connectivity index (χ0n) is 23.8. The number of nitrogens with one attached hydrogen (secondary N) is 1. The maximum absolute atomic E-state index is 15.1. The number of hydrogen-bond donors (Lipinski definition) is 1. The first-order chi connectivity index (χ1) is 19.3. The molecule has 0 aliphatic carbocycles. The first-order valence-corrected chi connectivity index (χ1v) is 17.7. The van der Waals surface area contributed by atoms with Gasteiger partial charge in [0.25, 0.3) is 6.43 Å². The number of ether oxygens (including phenoxy) is 3. The second kappa shape index (κ2) is 16.8. The smallest absolute Gasteiger partial charge is 0.409 e. The van der Waals surface area contributed by atoms with Gasteiger partial charge in [-0.3, -0.25) is 0 Å². The van der Waals surface area contributed by atoms with Gasteiger partial charge in [0, 0.05) is 43.5 Å². The van der Waals surface area contributed by atoms with Gasteiger partial charge in [-0.1, -0.05) is 35.6 Å². The zero-order chi connectivity index (χ0) is 30.6. The molecule has 0 heterocycles. The molecule has 1 N–H and O–H groups in total. The summed E-state index contributed by atoms with van der Waals surface area (Å²) in [6.07, 6.45) is -3.66. The molecule has 0 aromatic heterocycles. The summed E-state index contributed by atoms with van der Waals surface area (Å²) in [6.45, 7) is 3.97. The van der Waals surface area contributed by atoms with E-state index in [4.69, 9.17) is 14.2 Å². The van der Waals surface area contributed by atoms with E-state index in [2.05, 4.69) is 40.9 Å². The van der Waals surface area contributed by atoms with Crippen LogP contribution in [-0.2, 0) is 17.7 Å². The van der Waals surface area contributed by atoms with E-state index in [1.54, 1.807) is 24.3 Å². The van der Waals surface area contributed by atoms with Gasteiger partial charge in [0.15, 0.2) is 17.7 Å². The van der Waals surface area contributed by atoms with Crippen molar-refractivity contribution in [2.75, 3.05) is 45.5 Å². The highest BCUT2D eigenvalue weighted by atomic mass is 79.9. The molecule has 0 spiro atoms. The maximum Gasteiger partial charge on any atom is 0.409 e. The van der Waals surface area contributed by atoms with Crippen LogP contribution in [0, 0.1) is 5.82 Å². The average Bonchev–Trinajstić information content (AvgIpc) is 2.89. The van der Waals surface area contributed by atoms with E-state index in [1.165, 1.54) is 11.9 Å². The van der Waals surface area contributed by atoms with Crippen molar-refractivity contribution in [1.82, 2.24) is 4.90 Å². The van der Waals surface area contributed by atoms with Gasteiger partial charge in [0.2, 0.25) is 0 Å². The van der Waals surface area contributed by atoms with E-state index in [0.717, 1.165) is 22.1 Å². The number of anilines is 1. The quantitative estimate of drug-likeness (QED) is 0.106. The fourth-order valence-corrected chi connectivity index (χ4v) is 4.82. The lowest BCUT2D eigenvalue weighted by molar-refractivity contribution is 0.0814. The van der Waals surface area contributed by atoms with Crippen LogP contribution in [0.5, 0.6) is 11.5 Å². The molecular formula is C28H38BrF5N2O4Si. The fourth-order valence-electron chi connectivity index (χ4n) is 3.70. The molecule has 230 valence electrons. The molecule has 2 aromatic carbocycles. The van der Waals surface area contributed by atoms with E-state index >= 15 is 4.39 Å². The minimum Gasteiger partial charge on any atom is -0.487 e. The molecule has 0 radical (unpaired) electrons. The van der Waals surface area contributed by atoms with E-state index in [-0.39, 0.29) is 24.5 Å². The third kappa shape index (κ3) is 12.5. The molecule has 1 amide bonds. The molecule has 0 unspecified atom stereocenters. The van der Waals surface area contributed by atoms with Crippen molar-refractivity contribution in [3.63, 3.8) is 0 Å². The molecule has 0 aliphatic rings. The second-order valence-corrected chi connectivity index (χ2v) is 17.3. The number of nitrogens with zero attached hydrogens (tertiary/aromatic N) is 1. The summed E-state index contributed by atoms with van der Waals surface area (Å²) in [6, 6.07) is 8.58. The first kappa shape index (κ1) is 34.7. The monoisotopic (exact) mass is 668 g/mol. The normalized spacial score (nSPS) is 11.6. The van der Waals surface area contributed by atoms with Crippen molar-refractivity contribution < 1.29 is 41.0 Å². The van der Waals surface area contributed by atoms with Crippen molar-refractivity contribution in [1.29, 1.82) is 0 Å². The third-order valence-electron chi connectivity index (χ3n) is 5.89. The molecule has 0 saturated carbocycles. The summed E-state index contributed by atoms with van der Waals surface area (Å²) in [5.74, 6) is -0.821. The van der Waals surface area contributed by atoms with E-state index in [9.17, 15) is 22.4 Å². The lowest BCUT2D eigenvalue weighted by atomic mass is 10.1. The Morgan fingerprint density at radius 3 is 2.44 bits per heavy atom. The zero-order valence-corrected chi connectivity index (χ0v) is 26.3.